The first-order valence-electron chi connectivity index (χ1n) is 9.02. The summed E-state index contributed by atoms with van der Waals surface area (Å²) in [6.07, 6.45) is 1.65. The van der Waals surface area contributed by atoms with Crippen molar-refractivity contribution >= 4 is 49.5 Å². The molecule has 0 amide bonds. The number of para-hydroxylation sites is 1. The first-order chi connectivity index (χ1) is 14.9. The molecule has 0 radical (unpaired) electrons. The van der Waals surface area contributed by atoms with Gasteiger partial charge in [0.1, 0.15) is 10.6 Å². The lowest BCUT2D eigenvalue weighted by Gasteiger charge is -2.19. The van der Waals surface area contributed by atoms with Crippen molar-refractivity contribution in [3.05, 3.63) is 70.5 Å². The van der Waals surface area contributed by atoms with Crippen LogP contribution in [-0.2, 0) is 10.0 Å². The van der Waals surface area contributed by atoms with Crippen LogP contribution in [0.3, 0.4) is 0 Å². The summed E-state index contributed by atoms with van der Waals surface area (Å²) in [6.45, 7) is 1.60. The minimum absolute atomic E-state index is 0.107. The molecule has 1 N–H and O–H groups in total. The first kappa shape index (κ1) is 18.8. The number of rotatable bonds is 3. The predicted molar refractivity (Wildman–Crippen MR) is 112 cm³/mol. The summed E-state index contributed by atoms with van der Waals surface area (Å²) in [7, 11) is -4.15. The first-order valence-corrected chi connectivity index (χ1v) is 10.5. The lowest BCUT2D eigenvalue weighted by Crippen LogP contribution is -2.22. The van der Waals surface area contributed by atoms with Crippen LogP contribution in [0.2, 0.25) is 0 Å². The monoisotopic (exact) mass is 435 g/mol. The quantitative estimate of drug-likeness (QED) is 0.252. The number of azo groups is 1. The third-order valence-electron chi connectivity index (χ3n) is 4.80. The number of nitro benzene ring substituents is 1. The number of hydrogen-bond acceptors (Lipinski definition) is 9. The summed E-state index contributed by atoms with van der Waals surface area (Å²) < 4.78 is 26.9. The third-order valence-corrected chi connectivity index (χ3v) is 6.42. The van der Waals surface area contributed by atoms with Gasteiger partial charge in [-0.25, -0.2) is 0 Å². The second-order valence-electron chi connectivity index (χ2n) is 6.75. The van der Waals surface area contributed by atoms with Crippen LogP contribution in [0, 0.1) is 17.0 Å². The maximum Gasteiger partial charge on any atom is 0.287 e. The highest BCUT2D eigenvalue weighted by atomic mass is 32.2. The van der Waals surface area contributed by atoms with Crippen molar-refractivity contribution < 1.29 is 13.3 Å². The second-order valence-corrected chi connectivity index (χ2v) is 8.48. The van der Waals surface area contributed by atoms with Crippen molar-refractivity contribution in [1.29, 1.82) is 0 Å². The number of aromatic nitrogens is 3. The molecule has 0 atom stereocenters. The van der Waals surface area contributed by atoms with Gasteiger partial charge in [-0.15, -0.1) is 14.3 Å². The average molecular weight is 435 g/mol. The molecule has 0 fully saturated rings. The van der Waals surface area contributed by atoms with E-state index in [9.17, 15) is 18.5 Å². The summed E-state index contributed by atoms with van der Waals surface area (Å²) in [5.74, 6) is 0.107. The molecule has 0 spiro atoms. The molecule has 0 saturated heterocycles. The molecule has 0 aliphatic carbocycles. The molecule has 0 unspecified atom stereocenters. The van der Waals surface area contributed by atoms with E-state index in [0.717, 1.165) is 15.5 Å². The molecule has 1 aliphatic rings. The van der Waals surface area contributed by atoms with Crippen LogP contribution < -0.4 is 5.32 Å². The van der Waals surface area contributed by atoms with Gasteiger partial charge in [-0.2, -0.15) is 13.5 Å². The van der Waals surface area contributed by atoms with Crippen LogP contribution in [-0.4, -0.2) is 27.5 Å². The molecule has 3 heterocycles. The van der Waals surface area contributed by atoms with E-state index in [4.69, 9.17) is 0 Å². The van der Waals surface area contributed by atoms with Gasteiger partial charge in [-0.1, -0.05) is 18.2 Å². The van der Waals surface area contributed by atoms with Gasteiger partial charge in [0.25, 0.3) is 15.7 Å². The maximum absolute atomic E-state index is 13.0. The Bertz CT molecular complexity index is 1520. The van der Waals surface area contributed by atoms with Crippen LogP contribution in [0.1, 0.15) is 5.69 Å². The summed E-state index contributed by atoms with van der Waals surface area (Å²) in [4.78, 5) is 14.5. The zero-order valence-corrected chi connectivity index (χ0v) is 16.7. The number of pyridine rings is 1. The molecule has 2 aromatic heterocycles. The number of benzene rings is 2. The van der Waals surface area contributed by atoms with Crippen molar-refractivity contribution in [2.24, 2.45) is 10.2 Å². The second kappa shape index (κ2) is 6.67. The smallest absolute Gasteiger partial charge is 0.287 e. The van der Waals surface area contributed by atoms with Crippen molar-refractivity contribution in [3.8, 4) is 0 Å². The van der Waals surface area contributed by atoms with E-state index in [1.165, 1.54) is 12.1 Å². The molecule has 2 aromatic carbocycles. The number of nitrogens with one attached hydrogen (secondary N) is 1. The molecule has 31 heavy (non-hydrogen) atoms. The van der Waals surface area contributed by atoms with Crippen molar-refractivity contribution in [2.75, 3.05) is 5.32 Å². The van der Waals surface area contributed by atoms with Gasteiger partial charge < -0.3 is 5.32 Å². The molecule has 5 rings (SSSR count). The predicted octanol–water partition coefficient (Wildman–Crippen LogP) is 4.36. The SMILES string of the molecule is Cc1nn2c(c1/N=N/c1cccc3cccnc13)Nc1ccc([N+](=O)[O-])cc1S2(=O)=O. The fourth-order valence-electron chi connectivity index (χ4n) is 3.33. The van der Waals surface area contributed by atoms with Crippen LogP contribution in [0.4, 0.5) is 28.6 Å². The minimum atomic E-state index is -4.15. The van der Waals surface area contributed by atoms with E-state index < -0.39 is 14.9 Å². The number of nitrogens with zero attached hydrogens (tertiary/aromatic N) is 6. The van der Waals surface area contributed by atoms with Crippen molar-refractivity contribution in [2.45, 2.75) is 11.8 Å². The fraction of sp³-hybridized carbons (Fsp3) is 0.0526. The van der Waals surface area contributed by atoms with Crippen molar-refractivity contribution in [3.63, 3.8) is 0 Å². The molecular formula is C19H13N7O4S. The van der Waals surface area contributed by atoms with E-state index in [1.807, 2.05) is 24.3 Å². The molecule has 0 bridgehead atoms. The van der Waals surface area contributed by atoms with Gasteiger partial charge in [0.05, 0.1) is 21.8 Å². The Balaban J connectivity index is 1.62. The Morgan fingerprint density at radius 1 is 1.13 bits per heavy atom. The Morgan fingerprint density at radius 3 is 2.74 bits per heavy atom. The Hall–Kier alpha value is -4.19. The maximum atomic E-state index is 13.0. The average Bonchev–Trinajstić information content (AvgIpc) is 3.08. The van der Waals surface area contributed by atoms with E-state index in [0.29, 0.717) is 16.9 Å². The van der Waals surface area contributed by atoms with Gasteiger partial charge in [0, 0.05) is 23.7 Å². The molecule has 4 aromatic rings. The van der Waals surface area contributed by atoms with Gasteiger partial charge in [0.2, 0.25) is 0 Å². The number of anilines is 2. The highest BCUT2D eigenvalue weighted by Crippen LogP contribution is 2.42. The summed E-state index contributed by atoms with van der Waals surface area (Å²) in [6, 6.07) is 12.8. The van der Waals surface area contributed by atoms with Gasteiger partial charge >= 0.3 is 0 Å². The molecule has 154 valence electrons. The standard InChI is InChI=1S/C19H13N7O4S/c1-11-17(23-22-15-6-2-4-12-5-3-9-20-18(12)15)19-21-14-8-7-13(26(27)28)10-16(14)31(29,30)25(19)24-11/h2-10,21H,1H3/b23-22+. The normalized spacial score (nSPS) is 14.2. The van der Waals surface area contributed by atoms with E-state index in [-0.39, 0.29) is 27.8 Å². The molecule has 12 heteroatoms. The number of nitro groups is 1. The molecule has 1 aliphatic heterocycles. The fourth-order valence-corrected chi connectivity index (χ4v) is 4.79. The number of fused-ring (bicyclic) bond motifs is 3. The molecule has 0 saturated carbocycles. The highest BCUT2D eigenvalue weighted by Gasteiger charge is 2.34. The number of aryl methyl sites for hydroxylation is 1. The van der Waals surface area contributed by atoms with Gasteiger partial charge in [-0.05, 0) is 25.1 Å². The van der Waals surface area contributed by atoms with E-state index >= 15 is 0 Å². The summed E-state index contributed by atoms with van der Waals surface area (Å²) in [5.41, 5.74) is 1.60. The number of hydrogen-bond donors (Lipinski definition) is 1. The number of non-ortho nitro benzene ring substituents is 1. The van der Waals surface area contributed by atoms with Crippen LogP contribution in [0.5, 0.6) is 0 Å². The van der Waals surface area contributed by atoms with Crippen molar-refractivity contribution in [1.82, 2.24) is 14.2 Å². The lowest BCUT2D eigenvalue weighted by atomic mass is 10.2. The van der Waals surface area contributed by atoms with Crippen LogP contribution in [0.15, 0.2) is 69.9 Å². The Kier molecular flexibility index (Phi) is 4.05. The third kappa shape index (κ3) is 2.92. The topological polar surface area (TPSA) is 145 Å². The van der Waals surface area contributed by atoms with Crippen LogP contribution in [0.25, 0.3) is 10.9 Å². The van der Waals surface area contributed by atoms with E-state index in [1.54, 1.807) is 19.2 Å². The Morgan fingerprint density at radius 2 is 1.94 bits per heavy atom. The Labute approximate surface area is 175 Å². The molecule has 11 nitrogen and oxygen atoms in total. The zero-order valence-electron chi connectivity index (χ0n) is 15.9. The lowest BCUT2D eigenvalue weighted by molar-refractivity contribution is -0.385. The summed E-state index contributed by atoms with van der Waals surface area (Å²) >= 11 is 0. The minimum Gasteiger partial charge on any atom is -0.336 e. The van der Waals surface area contributed by atoms with Gasteiger partial charge in [0.15, 0.2) is 11.5 Å². The van der Waals surface area contributed by atoms with Gasteiger partial charge in [-0.3, -0.25) is 15.1 Å². The van der Waals surface area contributed by atoms with E-state index in [2.05, 4.69) is 25.6 Å². The highest BCUT2D eigenvalue weighted by molar-refractivity contribution is 7.90. The largest absolute Gasteiger partial charge is 0.336 e. The zero-order chi connectivity index (χ0) is 21.8. The summed E-state index contributed by atoms with van der Waals surface area (Å²) in [5, 5.41) is 27.5. The van der Waals surface area contributed by atoms with Crippen LogP contribution >= 0.6 is 0 Å². The molecular weight excluding hydrogens is 422 g/mol.